The molecular formula is C14H10O4S. The highest BCUT2D eigenvalue weighted by atomic mass is 32.2. The smallest absolute Gasteiger partial charge is 0.336 e. The van der Waals surface area contributed by atoms with E-state index in [4.69, 9.17) is 4.18 Å². The number of fused-ring (bicyclic) bond motifs is 1. The predicted molar refractivity (Wildman–Crippen MR) is 72.0 cm³/mol. The standard InChI is InChI=1S/C14H10O4S/c15-13-9-19(16,17)18-14-11(7-4-8-12(13)14)10-5-2-1-3-6-10/h1-9,15H. The van der Waals surface area contributed by atoms with Crippen LogP contribution in [0.3, 0.4) is 0 Å². The predicted octanol–water partition coefficient (Wildman–Crippen LogP) is 2.93. The van der Waals surface area contributed by atoms with Gasteiger partial charge in [-0.2, -0.15) is 8.42 Å². The highest BCUT2D eigenvalue weighted by Gasteiger charge is 2.25. The summed E-state index contributed by atoms with van der Waals surface area (Å²) in [4.78, 5) is 0. The Balaban J connectivity index is 2.27. The third-order valence-electron chi connectivity index (χ3n) is 2.83. The Kier molecular flexibility index (Phi) is 2.57. The van der Waals surface area contributed by atoms with Gasteiger partial charge in [0.15, 0.2) is 5.75 Å². The molecule has 0 aliphatic carbocycles. The van der Waals surface area contributed by atoms with E-state index in [-0.39, 0.29) is 11.5 Å². The maximum atomic E-state index is 11.5. The minimum absolute atomic E-state index is 0.161. The molecule has 96 valence electrons. The van der Waals surface area contributed by atoms with Crippen molar-refractivity contribution in [3.05, 3.63) is 59.5 Å². The van der Waals surface area contributed by atoms with Gasteiger partial charge < -0.3 is 9.29 Å². The van der Waals surface area contributed by atoms with E-state index in [1.165, 1.54) is 0 Å². The van der Waals surface area contributed by atoms with Crippen molar-refractivity contribution < 1.29 is 17.7 Å². The summed E-state index contributed by atoms with van der Waals surface area (Å²) in [7, 11) is -3.89. The van der Waals surface area contributed by atoms with Crippen molar-refractivity contribution in [1.82, 2.24) is 0 Å². The molecule has 0 amide bonds. The van der Waals surface area contributed by atoms with Crippen molar-refractivity contribution in [2.24, 2.45) is 0 Å². The van der Waals surface area contributed by atoms with E-state index in [1.807, 2.05) is 30.3 Å². The molecule has 19 heavy (non-hydrogen) atoms. The third-order valence-corrected chi connectivity index (χ3v) is 3.74. The number of aliphatic hydroxyl groups is 1. The molecule has 0 spiro atoms. The Labute approximate surface area is 110 Å². The lowest BCUT2D eigenvalue weighted by Gasteiger charge is -2.18. The zero-order chi connectivity index (χ0) is 13.5. The van der Waals surface area contributed by atoms with Gasteiger partial charge in [0.2, 0.25) is 0 Å². The second-order valence-corrected chi connectivity index (χ2v) is 5.52. The van der Waals surface area contributed by atoms with Crippen molar-refractivity contribution in [2.75, 3.05) is 0 Å². The Morgan fingerprint density at radius 3 is 2.32 bits per heavy atom. The molecule has 5 heteroatoms. The lowest BCUT2D eigenvalue weighted by Crippen LogP contribution is -2.13. The molecule has 1 N–H and O–H groups in total. The molecular weight excluding hydrogens is 264 g/mol. The van der Waals surface area contributed by atoms with E-state index in [0.717, 1.165) is 5.56 Å². The minimum atomic E-state index is -3.89. The summed E-state index contributed by atoms with van der Waals surface area (Å²) in [6, 6.07) is 14.4. The largest absolute Gasteiger partial charge is 0.506 e. The van der Waals surface area contributed by atoms with Gasteiger partial charge in [-0.05, 0) is 11.6 Å². The first-order valence-corrected chi connectivity index (χ1v) is 7.08. The molecule has 1 heterocycles. The topological polar surface area (TPSA) is 63.6 Å². The van der Waals surface area contributed by atoms with Gasteiger partial charge in [0.25, 0.3) is 0 Å². The zero-order valence-electron chi connectivity index (χ0n) is 9.78. The van der Waals surface area contributed by atoms with Crippen LogP contribution in [0.15, 0.2) is 53.9 Å². The van der Waals surface area contributed by atoms with Gasteiger partial charge in [0.05, 0.1) is 5.56 Å². The van der Waals surface area contributed by atoms with Crippen LogP contribution in [0.4, 0.5) is 0 Å². The summed E-state index contributed by atoms with van der Waals surface area (Å²) in [5.41, 5.74) is 1.82. The van der Waals surface area contributed by atoms with Gasteiger partial charge in [0, 0.05) is 5.56 Å². The number of hydrogen-bond donors (Lipinski definition) is 1. The molecule has 1 aliphatic heterocycles. The van der Waals surface area contributed by atoms with Crippen molar-refractivity contribution in [3.8, 4) is 16.9 Å². The molecule has 0 bridgehead atoms. The van der Waals surface area contributed by atoms with Crippen LogP contribution in [0.5, 0.6) is 5.75 Å². The van der Waals surface area contributed by atoms with Gasteiger partial charge in [-0.15, -0.1) is 0 Å². The molecule has 2 aromatic rings. The van der Waals surface area contributed by atoms with E-state index in [0.29, 0.717) is 16.5 Å². The lowest BCUT2D eigenvalue weighted by molar-refractivity contribution is 0.472. The first-order valence-electron chi connectivity index (χ1n) is 5.61. The monoisotopic (exact) mass is 274 g/mol. The Morgan fingerprint density at radius 1 is 0.895 bits per heavy atom. The fraction of sp³-hybridized carbons (Fsp3) is 0. The normalized spacial score (nSPS) is 16.1. The summed E-state index contributed by atoms with van der Waals surface area (Å²) in [6.45, 7) is 0. The number of benzene rings is 2. The molecule has 0 saturated carbocycles. The van der Waals surface area contributed by atoms with Crippen molar-refractivity contribution in [3.63, 3.8) is 0 Å². The van der Waals surface area contributed by atoms with Gasteiger partial charge in [-0.3, -0.25) is 0 Å². The Hall–Kier alpha value is -2.27. The molecule has 0 aromatic heterocycles. The summed E-state index contributed by atoms with van der Waals surface area (Å²) in [5, 5.41) is 10.5. The lowest BCUT2D eigenvalue weighted by atomic mass is 10.0. The highest BCUT2D eigenvalue weighted by molar-refractivity contribution is 7.90. The van der Waals surface area contributed by atoms with E-state index in [9.17, 15) is 13.5 Å². The van der Waals surface area contributed by atoms with Crippen LogP contribution in [0.2, 0.25) is 0 Å². The third kappa shape index (κ3) is 2.08. The quantitative estimate of drug-likeness (QED) is 0.812. The molecule has 0 fully saturated rings. The Bertz CT molecular complexity index is 761. The maximum absolute atomic E-state index is 11.5. The Morgan fingerprint density at radius 2 is 1.58 bits per heavy atom. The number of aliphatic hydroxyl groups excluding tert-OH is 1. The fourth-order valence-corrected chi connectivity index (χ4v) is 2.87. The highest BCUT2D eigenvalue weighted by Crippen LogP contribution is 2.39. The zero-order valence-corrected chi connectivity index (χ0v) is 10.6. The molecule has 0 atom stereocenters. The van der Waals surface area contributed by atoms with Gasteiger partial charge in [-0.1, -0.05) is 42.5 Å². The first kappa shape index (κ1) is 11.8. The number of rotatable bonds is 1. The van der Waals surface area contributed by atoms with Gasteiger partial charge in [0.1, 0.15) is 11.2 Å². The summed E-state index contributed by atoms with van der Waals surface area (Å²) >= 11 is 0. The van der Waals surface area contributed by atoms with Gasteiger partial charge >= 0.3 is 10.1 Å². The average Bonchev–Trinajstić information content (AvgIpc) is 2.38. The fourth-order valence-electron chi connectivity index (χ4n) is 2.01. The molecule has 4 nitrogen and oxygen atoms in total. The van der Waals surface area contributed by atoms with Crippen molar-refractivity contribution in [2.45, 2.75) is 0 Å². The molecule has 2 aromatic carbocycles. The number of para-hydroxylation sites is 1. The van der Waals surface area contributed by atoms with E-state index in [1.54, 1.807) is 18.2 Å². The summed E-state index contributed by atoms with van der Waals surface area (Å²) in [6.07, 6.45) is 0. The van der Waals surface area contributed by atoms with E-state index in [2.05, 4.69) is 0 Å². The van der Waals surface area contributed by atoms with Crippen LogP contribution in [0, 0.1) is 0 Å². The molecule has 1 aliphatic rings. The molecule has 0 saturated heterocycles. The van der Waals surface area contributed by atoms with Crippen LogP contribution in [-0.4, -0.2) is 13.5 Å². The van der Waals surface area contributed by atoms with Crippen LogP contribution in [0.1, 0.15) is 5.56 Å². The average molecular weight is 274 g/mol. The SMILES string of the molecule is O=S1(=O)C=C(O)c2cccc(-c3ccccc3)c2O1. The van der Waals surface area contributed by atoms with Crippen LogP contribution < -0.4 is 4.18 Å². The van der Waals surface area contributed by atoms with E-state index >= 15 is 0 Å². The second kappa shape index (κ2) is 4.13. The van der Waals surface area contributed by atoms with Crippen molar-refractivity contribution in [1.29, 1.82) is 0 Å². The maximum Gasteiger partial charge on any atom is 0.336 e. The van der Waals surface area contributed by atoms with Crippen LogP contribution in [-0.2, 0) is 10.1 Å². The summed E-state index contributed by atoms with van der Waals surface area (Å²) in [5.74, 6) is -0.146. The second-order valence-electron chi connectivity index (χ2n) is 4.13. The first-order chi connectivity index (χ1) is 9.07. The minimum Gasteiger partial charge on any atom is -0.506 e. The van der Waals surface area contributed by atoms with E-state index < -0.39 is 10.1 Å². The number of hydrogen-bond acceptors (Lipinski definition) is 4. The summed E-state index contributed by atoms with van der Waals surface area (Å²) < 4.78 is 28.1. The van der Waals surface area contributed by atoms with Crippen LogP contribution >= 0.6 is 0 Å². The van der Waals surface area contributed by atoms with Gasteiger partial charge in [-0.25, -0.2) is 0 Å². The van der Waals surface area contributed by atoms with Crippen LogP contribution in [0.25, 0.3) is 16.9 Å². The molecule has 0 unspecified atom stereocenters. The molecule has 3 rings (SSSR count). The molecule has 0 radical (unpaired) electrons. The van der Waals surface area contributed by atoms with Crippen molar-refractivity contribution >= 4 is 15.9 Å².